The zero-order valence-corrected chi connectivity index (χ0v) is 11.4. The van der Waals surface area contributed by atoms with Crippen LogP contribution in [0.1, 0.15) is 5.56 Å². The van der Waals surface area contributed by atoms with Gasteiger partial charge in [-0.25, -0.2) is 0 Å². The third-order valence-electron chi connectivity index (χ3n) is 2.83. The molecule has 2 aromatic rings. The number of hydrogen-bond acceptors (Lipinski definition) is 3. The second kappa shape index (κ2) is 6.30. The van der Waals surface area contributed by atoms with Gasteiger partial charge < -0.3 is 15.1 Å². The lowest BCUT2D eigenvalue weighted by Crippen LogP contribution is -2.29. The molecule has 2 N–H and O–H groups in total. The molecular weight excluding hydrogens is 278 g/mol. The Hall–Kier alpha value is -2.20. The van der Waals surface area contributed by atoms with E-state index in [9.17, 15) is 9.90 Å². The minimum atomic E-state index is -0.904. The minimum Gasteiger partial charge on any atom is -0.506 e. The molecule has 0 aromatic heterocycles. The van der Waals surface area contributed by atoms with Crippen LogP contribution in [0, 0.1) is 0 Å². The van der Waals surface area contributed by atoms with Gasteiger partial charge in [0.25, 0.3) is 0 Å². The third kappa shape index (κ3) is 3.65. The van der Waals surface area contributed by atoms with Crippen LogP contribution in [0.2, 0.25) is 5.02 Å². The molecule has 0 amide bonds. The van der Waals surface area contributed by atoms with Crippen molar-refractivity contribution in [3.8, 4) is 5.75 Å². The lowest BCUT2D eigenvalue weighted by Gasteiger charge is -2.23. The number of aromatic hydroxyl groups is 1. The summed E-state index contributed by atoms with van der Waals surface area (Å²) < 4.78 is 0. The summed E-state index contributed by atoms with van der Waals surface area (Å²) in [6, 6.07) is 14.1. The summed E-state index contributed by atoms with van der Waals surface area (Å²) in [5.74, 6) is -0.890. The zero-order valence-electron chi connectivity index (χ0n) is 10.7. The van der Waals surface area contributed by atoms with Crippen LogP contribution in [0.5, 0.6) is 5.75 Å². The highest BCUT2D eigenvalue weighted by atomic mass is 35.5. The second-order valence-electron chi connectivity index (χ2n) is 4.37. The zero-order chi connectivity index (χ0) is 14.5. The first-order valence-electron chi connectivity index (χ1n) is 6.05. The second-order valence-corrected chi connectivity index (χ2v) is 4.78. The molecule has 0 radical (unpaired) electrons. The number of halogens is 1. The Morgan fingerprint density at radius 1 is 1.15 bits per heavy atom. The van der Waals surface area contributed by atoms with E-state index >= 15 is 0 Å². The van der Waals surface area contributed by atoms with Gasteiger partial charge in [0.05, 0.1) is 5.02 Å². The normalized spacial score (nSPS) is 10.2. The Bertz CT molecular complexity index is 601. The standard InChI is InChI=1S/C15H14ClNO3/c16-13-8-11(6-7-14(13)18)9-17(10-15(19)20)12-4-2-1-3-5-12/h1-8,18H,9-10H2,(H,19,20). The van der Waals surface area contributed by atoms with Crippen molar-refractivity contribution in [1.29, 1.82) is 0 Å². The Balaban J connectivity index is 2.23. The van der Waals surface area contributed by atoms with Gasteiger partial charge in [0.2, 0.25) is 0 Å². The number of aliphatic carboxylic acids is 1. The Kier molecular flexibility index (Phi) is 4.48. The molecule has 2 rings (SSSR count). The number of benzene rings is 2. The van der Waals surface area contributed by atoms with Crippen LogP contribution in [0.3, 0.4) is 0 Å². The number of anilines is 1. The summed E-state index contributed by atoms with van der Waals surface area (Å²) in [4.78, 5) is 12.7. The van der Waals surface area contributed by atoms with E-state index in [2.05, 4.69) is 0 Å². The molecule has 0 atom stereocenters. The highest BCUT2D eigenvalue weighted by molar-refractivity contribution is 6.32. The molecule has 0 heterocycles. The highest BCUT2D eigenvalue weighted by Crippen LogP contribution is 2.25. The number of carbonyl (C=O) groups is 1. The maximum absolute atomic E-state index is 11.0. The largest absolute Gasteiger partial charge is 0.506 e. The van der Waals surface area contributed by atoms with Crippen LogP contribution in [0.15, 0.2) is 48.5 Å². The molecule has 0 spiro atoms. The fourth-order valence-electron chi connectivity index (χ4n) is 1.91. The van der Waals surface area contributed by atoms with E-state index in [0.717, 1.165) is 11.3 Å². The smallest absolute Gasteiger partial charge is 0.323 e. The predicted molar refractivity (Wildman–Crippen MR) is 78.2 cm³/mol. The van der Waals surface area contributed by atoms with Crippen molar-refractivity contribution in [2.45, 2.75) is 6.54 Å². The number of carboxylic acids is 1. The molecule has 20 heavy (non-hydrogen) atoms. The van der Waals surface area contributed by atoms with E-state index in [-0.39, 0.29) is 17.3 Å². The van der Waals surface area contributed by atoms with Crippen LogP contribution in [0.4, 0.5) is 5.69 Å². The van der Waals surface area contributed by atoms with E-state index in [4.69, 9.17) is 16.7 Å². The fourth-order valence-corrected chi connectivity index (χ4v) is 2.11. The van der Waals surface area contributed by atoms with Crippen molar-refractivity contribution in [2.75, 3.05) is 11.4 Å². The molecular formula is C15H14ClNO3. The third-order valence-corrected chi connectivity index (χ3v) is 3.14. The fraction of sp³-hybridized carbons (Fsp3) is 0.133. The van der Waals surface area contributed by atoms with Crippen molar-refractivity contribution in [2.24, 2.45) is 0 Å². The van der Waals surface area contributed by atoms with Crippen LogP contribution < -0.4 is 4.90 Å². The number of nitrogens with zero attached hydrogens (tertiary/aromatic N) is 1. The van der Waals surface area contributed by atoms with Gasteiger partial charge in [-0.2, -0.15) is 0 Å². The molecule has 0 unspecified atom stereocenters. The van der Waals surface area contributed by atoms with Gasteiger partial charge in [0, 0.05) is 12.2 Å². The number of carboxylic acid groups (broad SMARTS) is 1. The predicted octanol–water partition coefficient (Wildman–Crippen LogP) is 3.14. The van der Waals surface area contributed by atoms with Crippen LogP contribution >= 0.6 is 11.6 Å². The van der Waals surface area contributed by atoms with E-state index < -0.39 is 5.97 Å². The van der Waals surface area contributed by atoms with Gasteiger partial charge in [-0.1, -0.05) is 35.9 Å². The van der Waals surface area contributed by atoms with E-state index in [0.29, 0.717) is 6.54 Å². The minimum absolute atomic E-state index is 0.0138. The number of phenols is 1. The molecule has 104 valence electrons. The van der Waals surface area contributed by atoms with E-state index in [1.807, 2.05) is 30.3 Å². The summed E-state index contributed by atoms with van der Waals surface area (Å²) in [5, 5.41) is 18.7. The first-order valence-corrected chi connectivity index (χ1v) is 6.43. The lowest BCUT2D eigenvalue weighted by molar-refractivity contribution is -0.135. The summed E-state index contributed by atoms with van der Waals surface area (Å²) in [6.45, 7) is 0.290. The molecule has 0 saturated carbocycles. The average Bonchev–Trinajstić information content (AvgIpc) is 2.43. The number of phenolic OH excluding ortho intramolecular Hbond substituents is 1. The summed E-state index contributed by atoms with van der Waals surface area (Å²) in [7, 11) is 0. The highest BCUT2D eigenvalue weighted by Gasteiger charge is 2.12. The van der Waals surface area contributed by atoms with Gasteiger partial charge in [-0.3, -0.25) is 4.79 Å². The maximum atomic E-state index is 11.0. The van der Waals surface area contributed by atoms with E-state index in [1.165, 1.54) is 6.07 Å². The number of rotatable bonds is 5. The molecule has 4 nitrogen and oxygen atoms in total. The molecule has 0 saturated heterocycles. The molecule has 0 aliphatic heterocycles. The van der Waals surface area contributed by atoms with Gasteiger partial charge in [0.15, 0.2) is 0 Å². The van der Waals surface area contributed by atoms with Crippen molar-refractivity contribution in [3.05, 3.63) is 59.1 Å². The summed E-state index contributed by atoms with van der Waals surface area (Å²) >= 11 is 5.86. The first-order chi connectivity index (χ1) is 9.56. The van der Waals surface area contributed by atoms with Crippen LogP contribution in [-0.4, -0.2) is 22.7 Å². The van der Waals surface area contributed by atoms with Gasteiger partial charge in [0.1, 0.15) is 12.3 Å². The van der Waals surface area contributed by atoms with Crippen molar-refractivity contribution in [1.82, 2.24) is 0 Å². The van der Waals surface area contributed by atoms with E-state index in [1.54, 1.807) is 17.0 Å². The average molecular weight is 292 g/mol. The molecule has 0 aliphatic carbocycles. The molecule has 5 heteroatoms. The lowest BCUT2D eigenvalue weighted by atomic mass is 10.2. The maximum Gasteiger partial charge on any atom is 0.323 e. The molecule has 0 fully saturated rings. The SMILES string of the molecule is O=C(O)CN(Cc1ccc(O)c(Cl)c1)c1ccccc1. The number of hydrogen-bond donors (Lipinski definition) is 2. The van der Waals surface area contributed by atoms with Crippen LogP contribution in [0.25, 0.3) is 0 Å². The summed E-state index contributed by atoms with van der Waals surface area (Å²) in [6.07, 6.45) is 0. The Morgan fingerprint density at radius 2 is 1.85 bits per heavy atom. The Morgan fingerprint density at radius 3 is 2.45 bits per heavy atom. The van der Waals surface area contributed by atoms with Gasteiger partial charge in [-0.15, -0.1) is 0 Å². The topological polar surface area (TPSA) is 60.8 Å². The van der Waals surface area contributed by atoms with Crippen molar-refractivity contribution < 1.29 is 15.0 Å². The van der Waals surface area contributed by atoms with Gasteiger partial charge >= 0.3 is 5.97 Å². The van der Waals surface area contributed by atoms with Crippen molar-refractivity contribution in [3.63, 3.8) is 0 Å². The van der Waals surface area contributed by atoms with Gasteiger partial charge in [-0.05, 0) is 29.8 Å². The Labute approximate surface area is 121 Å². The van der Waals surface area contributed by atoms with Crippen LogP contribution in [-0.2, 0) is 11.3 Å². The first kappa shape index (κ1) is 14.2. The summed E-state index contributed by atoms with van der Waals surface area (Å²) in [5.41, 5.74) is 1.65. The monoisotopic (exact) mass is 291 g/mol. The quantitative estimate of drug-likeness (QED) is 0.888. The molecule has 2 aromatic carbocycles. The van der Waals surface area contributed by atoms with Crippen molar-refractivity contribution >= 4 is 23.3 Å². The molecule has 0 bridgehead atoms. The molecule has 0 aliphatic rings. The number of para-hydroxylation sites is 1.